The SMILES string of the molecule is CCC(C)NS(=O)(=O)c1ccc(-n2cnnn2)cc1. The Labute approximate surface area is 111 Å². The first-order chi connectivity index (χ1) is 9.03. The lowest BCUT2D eigenvalue weighted by atomic mass is 10.3. The average Bonchev–Trinajstić information content (AvgIpc) is 2.92. The van der Waals surface area contributed by atoms with Crippen LogP contribution in [0.15, 0.2) is 35.5 Å². The number of hydrogen-bond acceptors (Lipinski definition) is 5. The van der Waals surface area contributed by atoms with E-state index in [0.29, 0.717) is 5.69 Å². The van der Waals surface area contributed by atoms with Crippen LogP contribution in [0.3, 0.4) is 0 Å². The second kappa shape index (κ2) is 5.45. The minimum absolute atomic E-state index is 0.0933. The van der Waals surface area contributed by atoms with Gasteiger partial charge in [0.1, 0.15) is 6.33 Å². The highest BCUT2D eigenvalue weighted by atomic mass is 32.2. The minimum atomic E-state index is -3.47. The van der Waals surface area contributed by atoms with E-state index in [2.05, 4.69) is 20.2 Å². The fraction of sp³-hybridized carbons (Fsp3) is 0.364. The van der Waals surface area contributed by atoms with Crippen molar-refractivity contribution in [2.24, 2.45) is 0 Å². The van der Waals surface area contributed by atoms with Crippen molar-refractivity contribution in [1.29, 1.82) is 0 Å². The molecule has 0 aliphatic rings. The van der Waals surface area contributed by atoms with Gasteiger partial charge in [-0.3, -0.25) is 0 Å². The molecule has 0 bridgehead atoms. The van der Waals surface area contributed by atoms with E-state index in [1.54, 1.807) is 12.1 Å². The van der Waals surface area contributed by atoms with Crippen molar-refractivity contribution in [3.8, 4) is 5.69 Å². The molecule has 0 fully saturated rings. The van der Waals surface area contributed by atoms with Crippen LogP contribution in [-0.2, 0) is 10.0 Å². The molecule has 0 saturated heterocycles. The molecule has 0 amide bonds. The number of tetrazole rings is 1. The van der Waals surface area contributed by atoms with Crippen molar-refractivity contribution in [2.75, 3.05) is 0 Å². The molecule has 1 aromatic heterocycles. The van der Waals surface area contributed by atoms with E-state index in [1.165, 1.54) is 23.1 Å². The predicted molar refractivity (Wildman–Crippen MR) is 69.2 cm³/mol. The van der Waals surface area contributed by atoms with Crippen LogP contribution < -0.4 is 4.72 Å². The van der Waals surface area contributed by atoms with Gasteiger partial charge in [-0.05, 0) is 48.0 Å². The Hall–Kier alpha value is -1.80. The largest absolute Gasteiger partial charge is 0.240 e. The summed E-state index contributed by atoms with van der Waals surface area (Å²) in [5.74, 6) is 0. The summed E-state index contributed by atoms with van der Waals surface area (Å²) in [6.45, 7) is 3.75. The van der Waals surface area contributed by atoms with Gasteiger partial charge in [0.25, 0.3) is 0 Å². The quantitative estimate of drug-likeness (QED) is 0.873. The number of nitrogens with one attached hydrogen (secondary N) is 1. The lowest BCUT2D eigenvalue weighted by molar-refractivity contribution is 0.556. The number of hydrogen-bond donors (Lipinski definition) is 1. The van der Waals surface area contributed by atoms with Gasteiger partial charge in [-0.1, -0.05) is 6.92 Å². The van der Waals surface area contributed by atoms with Crippen LogP contribution in [0.5, 0.6) is 0 Å². The summed E-state index contributed by atoms with van der Waals surface area (Å²) in [4.78, 5) is 0.227. The van der Waals surface area contributed by atoms with E-state index in [9.17, 15) is 8.42 Å². The van der Waals surface area contributed by atoms with Gasteiger partial charge in [0, 0.05) is 6.04 Å². The van der Waals surface area contributed by atoms with E-state index in [1.807, 2.05) is 13.8 Å². The highest BCUT2D eigenvalue weighted by molar-refractivity contribution is 7.89. The zero-order valence-corrected chi connectivity index (χ0v) is 11.5. The van der Waals surface area contributed by atoms with Gasteiger partial charge < -0.3 is 0 Å². The molecule has 0 aliphatic carbocycles. The third-order valence-corrected chi connectivity index (χ3v) is 4.33. The van der Waals surface area contributed by atoms with Crippen molar-refractivity contribution < 1.29 is 8.42 Å². The maximum Gasteiger partial charge on any atom is 0.240 e. The van der Waals surface area contributed by atoms with Crippen LogP contribution in [0.2, 0.25) is 0 Å². The Kier molecular flexibility index (Phi) is 3.91. The molecular formula is C11H15N5O2S. The van der Waals surface area contributed by atoms with Crippen LogP contribution in [0.1, 0.15) is 20.3 Å². The normalized spacial score (nSPS) is 13.4. The molecule has 7 nitrogen and oxygen atoms in total. The van der Waals surface area contributed by atoms with Gasteiger partial charge in [0.15, 0.2) is 0 Å². The van der Waals surface area contributed by atoms with Gasteiger partial charge in [0.2, 0.25) is 10.0 Å². The van der Waals surface area contributed by atoms with Crippen molar-refractivity contribution in [2.45, 2.75) is 31.2 Å². The second-order valence-corrected chi connectivity index (χ2v) is 5.89. The zero-order valence-electron chi connectivity index (χ0n) is 10.7. The first kappa shape index (κ1) is 13.6. The smallest absolute Gasteiger partial charge is 0.208 e. The summed E-state index contributed by atoms with van der Waals surface area (Å²) in [7, 11) is -3.47. The fourth-order valence-electron chi connectivity index (χ4n) is 1.47. The topological polar surface area (TPSA) is 89.8 Å². The van der Waals surface area contributed by atoms with Crippen molar-refractivity contribution in [3.63, 3.8) is 0 Å². The van der Waals surface area contributed by atoms with E-state index in [4.69, 9.17) is 0 Å². The van der Waals surface area contributed by atoms with Gasteiger partial charge in [-0.2, -0.15) is 0 Å². The van der Waals surface area contributed by atoms with E-state index in [-0.39, 0.29) is 10.9 Å². The maximum atomic E-state index is 12.0. The molecule has 19 heavy (non-hydrogen) atoms. The molecule has 1 N–H and O–H groups in total. The van der Waals surface area contributed by atoms with Crippen molar-refractivity contribution >= 4 is 10.0 Å². The predicted octanol–water partition coefficient (Wildman–Crippen LogP) is 0.739. The van der Waals surface area contributed by atoms with Gasteiger partial charge in [0.05, 0.1) is 10.6 Å². The first-order valence-electron chi connectivity index (χ1n) is 5.88. The molecular weight excluding hydrogens is 266 g/mol. The molecule has 1 unspecified atom stereocenters. The van der Waals surface area contributed by atoms with Crippen LogP contribution in [0.25, 0.3) is 5.69 Å². The summed E-state index contributed by atoms with van der Waals surface area (Å²) in [5, 5.41) is 10.8. The van der Waals surface area contributed by atoms with Crippen LogP contribution in [0, 0.1) is 0 Å². The molecule has 102 valence electrons. The minimum Gasteiger partial charge on any atom is -0.208 e. The number of aromatic nitrogens is 4. The standard InChI is InChI=1S/C11H15N5O2S/c1-3-9(2)13-19(17,18)11-6-4-10(5-7-11)16-8-12-14-15-16/h4-9,13H,3H2,1-2H3. The third-order valence-electron chi connectivity index (χ3n) is 2.73. The zero-order chi connectivity index (χ0) is 13.9. The number of benzene rings is 1. The highest BCUT2D eigenvalue weighted by Gasteiger charge is 2.16. The van der Waals surface area contributed by atoms with Crippen molar-refractivity contribution in [1.82, 2.24) is 24.9 Å². The Morgan fingerprint density at radius 3 is 2.53 bits per heavy atom. The molecule has 0 aliphatic heterocycles. The number of rotatable bonds is 5. The van der Waals surface area contributed by atoms with Gasteiger partial charge in [-0.25, -0.2) is 17.8 Å². The second-order valence-electron chi connectivity index (χ2n) is 4.18. The van der Waals surface area contributed by atoms with Crippen LogP contribution in [0.4, 0.5) is 0 Å². The number of sulfonamides is 1. The molecule has 1 heterocycles. The monoisotopic (exact) mass is 281 g/mol. The van der Waals surface area contributed by atoms with E-state index >= 15 is 0 Å². The molecule has 1 atom stereocenters. The van der Waals surface area contributed by atoms with Crippen LogP contribution in [-0.4, -0.2) is 34.7 Å². The molecule has 1 aromatic carbocycles. The summed E-state index contributed by atoms with van der Waals surface area (Å²) < 4.78 is 28.1. The maximum absolute atomic E-state index is 12.0. The Bertz CT molecular complexity index is 622. The van der Waals surface area contributed by atoms with E-state index in [0.717, 1.165) is 6.42 Å². The summed E-state index contributed by atoms with van der Waals surface area (Å²) in [5.41, 5.74) is 0.701. The summed E-state index contributed by atoms with van der Waals surface area (Å²) in [6.07, 6.45) is 2.18. The summed E-state index contributed by atoms with van der Waals surface area (Å²) >= 11 is 0. The Balaban J connectivity index is 2.23. The van der Waals surface area contributed by atoms with Crippen LogP contribution >= 0.6 is 0 Å². The molecule has 0 spiro atoms. The first-order valence-corrected chi connectivity index (χ1v) is 7.37. The Morgan fingerprint density at radius 2 is 2.00 bits per heavy atom. The molecule has 2 rings (SSSR count). The summed E-state index contributed by atoms with van der Waals surface area (Å²) in [6, 6.07) is 6.27. The lowest BCUT2D eigenvalue weighted by Crippen LogP contribution is -2.31. The highest BCUT2D eigenvalue weighted by Crippen LogP contribution is 2.13. The van der Waals surface area contributed by atoms with E-state index < -0.39 is 10.0 Å². The molecule has 2 aromatic rings. The average molecular weight is 281 g/mol. The lowest BCUT2D eigenvalue weighted by Gasteiger charge is -2.12. The van der Waals surface area contributed by atoms with Gasteiger partial charge >= 0.3 is 0 Å². The van der Waals surface area contributed by atoms with Gasteiger partial charge in [-0.15, -0.1) is 5.10 Å². The molecule has 8 heteroatoms. The van der Waals surface area contributed by atoms with Crippen molar-refractivity contribution in [3.05, 3.63) is 30.6 Å². The third kappa shape index (κ3) is 3.15. The Morgan fingerprint density at radius 1 is 1.32 bits per heavy atom. The fourth-order valence-corrected chi connectivity index (χ4v) is 2.80. The molecule has 0 radical (unpaired) electrons. The number of nitrogens with zero attached hydrogens (tertiary/aromatic N) is 4. The molecule has 0 saturated carbocycles.